The van der Waals surface area contributed by atoms with Crippen LogP contribution in [0.4, 0.5) is 0 Å². The first-order valence-electron chi connectivity index (χ1n) is 6.24. The molecular weight excluding hydrogens is 248 g/mol. The highest BCUT2D eigenvalue weighted by atomic mass is 16.5. The van der Waals surface area contributed by atoms with E-state index in [9.17, 15) is 9.59 Å². The molecule has 0 aliphatic heterocycles. The van der Waals surface area contributed by atoms with Crippen LogP contribution < -0.4 is 9.47 Å². The monoisotopic (exact) mass is 266 g/mol. The second kappa shape index (κ2) is 8.13. The topological polar surface area (TPSA) is 72.8 Å². The number of carbonyl (C=O) groups is 2. The van der Waals surface area contributed by atoms with Crippen LogP contribution in [0.15, 0.2) is 18.2 Å². The molecule has 5 heteroatoms. The van der Waals surface area contributed by atoms with Gasteiger partial charge in [0.1, 0.15) is 11.5 Å². The lowest BCUT2D eigenvalue weighted by atomic mass is 10.2. The van der Waals surface area contributed by atoms with Gasteiger partial charge in [0.05, 0.1) is 18.8 Å². The number of hydrogen-bond donors (Lipinski definition) is 1. The Hall–Kier alpha value is -2.04. The number of carboxylic acid groups (broad SMARTS) is 1. The van der Waals surface area contributed by atoms with E-state index in [1.165, 1.54) is 0 Å². The Morgan fingerprint density at radius 2 is 2.11 bits per heavy atom. The maximum atomic E-state index is 10.9. The van der Waals surface area contributed by atoms with E-state index in [1.54, 1.807) is 18.2 Å². The summed E-state index contributed by atoms with van der Waals surface area (Å²) in [4.78, 5) is 21.3. The van der Waals surface area contributed by atoms with Gasteiger partial charge in [-0.05, 0) is 38.0 Å². The molecule has 19 heavy (non-hydrogen) atoms. The number of carboxylic acids is 1. The standard InChI is InChI=1S/C14H18O5/c1-2-18-12-6-7-13(11(9-12)10-15)19-8-4-3-5-14(16)17/h6-7,9-10H,2-5,8H2,1H3,(H,16,17). The molecule has 0 heterocycles. The van der Waals surface area contributed by atoms with Crippen LogP contribution in [0, 0.1) is 0 Å². The largest absolute Gasteiger partial charge is 0.494 e. The number of ether oxygens (including phenoxy) is 2. The van der Waals surface area contributed by atoms with Gasteiger partial charge in [-0.25, -0.2) is 0 Å². The van der Waals surface area contributed by atoms with Crippen molar-refractivity contribution in [3.63, 3.8) is 0 Å². The third-order valence-electron chi connectivity index (χ3n) is 2.46. The van der Waals surface area contributed by atoms with E-state index in [1.807, 2.05) is 6.92 Å². The molecule has 0 saturated heterocycles. The molecule has 0 atom stereocenters. The van der Waals surface area contributed by atoms with Gasteiger partial charge in [-0.3, -0.25) is 9.59 Å². The number of rotatable bonds is 9. The fourth-order valence-corrected chi connectivity index (χ4v) is 1.57. The van der Waals surface area contributed by atoms with Gasteiger partial charge in [-0.1, -0.05) is 0 Å². The highest BCUT2D eigenvalue weighted by Gasteiger charge is 2.05. The van der Waals surface area contributed by atoms with Crippen LogP contribution in [0.1, 0.15) is 36.5 Å². The molecule has 5 nitrogen and oxygen atoms in total. The summed E-state index contributed by atoms with van der Waals surface area (Å²) in [7, 11) is 0. The van der Waals surface area contributed by atoms with Crippen LogP contribution in [0.2, 0.25) is 0 Å². The second-order valence-corrected chi connectivity index (χ2v) is 3.95. The summed E-state index contributed by atoms with van der Waals surface area (Å²) in [6.45, 7) is 2.79. The molecule has 104 valence electrons. The average molecular weight is 266 g/mol. The van der Waals surface area contributed by atoms with E-state index in [2.05, 4.69) is 0 Å². The smallest absolute Gasteiger partial charge is 0.303 e. The van der Waals surface area contributed by atoms with E-state index in [-0.39, 0.29) is 6.42 Å². The van der Waals surface area contributed by atoms with Crippen molar-refractivity contribution in [3.8, 4) is 11.5 Å². The normalized spacial score (nSPS) is 9.95. The van der Waals surface area contributed by atoms with Gasteiger partial charge < -0.3 is 14.6 Å². The van der Waals surface area contributed by atoms with E-state index in [4.69, 9.17) is 14.6 Å². The van der Waals surface area contributed by atoms with Crippen LogP contribution >= 0.6 is 0 Å². The van der Waals surface area contributed by atoms with Gasteiger partial charge in [0.2, 0.25) is 0 Å². The van der Waals surface area contributed by atoms with Gasteiger partial charge in [0.25, 0.3) is 0 Å². The zero-order valence-electron chi connectivity index (χ0n) is 10.9. The molecule has 0 fully saturated rings. The first kappa shape index (κ1) is 15.0. The summed E-state index contributed by atoms with van der Waals surface area (Å²) in [5.74, 6) is 0.311. The predicted molar refractivity (Wildman–Crippen MR) is 70.0 cm³/mol. The van der Waals surface area contributed by atoms with Gasteiger partial charge in [0, 0.05) is 6.42 Å². The molecule has 0 spiro atoms. The van der Waals surface area contributed by atoms with Crippen molar-refractivity contribution in [3.05, 3.63) is 23.8 Å². The lowest BCUT2D eigenvalue weighted by Gasteiger charge is -2.10. The lowest BCUT2D eigenvalue weighted by Crippen LogP contribution is -2.02. The number of aliphatic carboxylic acids is 1. The Morgan fingerprint density at radius 1 is 1.32 bits per heavy atom. The van der Waals surface area contributed by atoms with Crippen molar-refractivity contribution in [2.45, 2.75) is 26.2 Å². The highest BCUT2D eigenvalue weighted by Crippen LogP contribution is 2.23. The van der Waals surface area contributed by atoms with Crippen LogP contribution in [-0.4, -0.2) is 30.6 Å². The Bertz CT molecular complexity index is 428. The molecule has 1 N–H and O–H groups in total. The van der Waals surface area contributed by atoms with Crippen molar-refractivity contribution in [1.82, 2.24) is 0 Å². The van der Waals surface area contributed by atoms with Gasteiger partial charge in [0.15, 0.2) is 6.29 Å². The van der Waals surface area contributed by atoms with E-state index < -0.39 is 5.97 Å². The molecule has 0 radical (unpaired) electrons. The third-order valence-corrected chi connectivity index (χ3v) is 2.46. The van der Waals surface area contributed by atoms with E-state index in [0.717, 1.165) is 6.29 Å². The summed E-state index contributed by atoms with van der Waals surface area (Å²) in [6.07, 6.45) is 2.04. The van der Waals surface area contributed by atoms with Crippen molar-refractivity contribution < 1.29 is 24.2 Å². The van der Waals surface area contributed by atoms with E-state index in [0.29, 0.717) is 43.1 Å². The molecular formula is C14H18O5. The first-order chi connectivity index (χ1) is 9.17. The van der Waals surface area contributed by atoms with Crippen LogP contribution in [0.3, 0.4) is 0 Å². The summed E-state index contributed by atoms with van der Waals surface area (Å²) in [5.41, 5.74) is 0.434. The molecule has 0 amide bonds. The van der Waals surface area contributed by atoms with Crippen molar-refractivity contribution >= 4 is 12.3 Å². The Kier molecular flexibility index (Phi) is 6.43. The minimum Gasteiger partial charge on any atom is -0.494 e. The van der Waals surface area contributed by atoms with E-state index >= 15 is 0 Å². The fraction of sp³-hybridized carbons (Fsp3) is 0.429. The van der Waals surface area contributed by atoms with Crippen molar-refractivity contribution in [1.29, 1.82) is 0 Å². The summed E-state index contributed by atoms with van der Waals surface area (Å²) >= 11 is 0. The fourth-order valence-electron chi connectivity index (χ4n) is 1.57. The molecule has 1 rings (SSSR count). The number of benzene rings is 1. The minimum absolute atomic E-state index is 0.132. The second-order valence-electron chi connectivity index (χ2n) is 3.95. The van der Waals surface area contributed by atoms with Gasteiger partial charge in [-0.15, -0.1) is 0 Å². The summed E-state index contributed by atoms with van der Waals surface area (Å²) in [5, 5.41) is 8.49. The molecule has 0 aliphatic carbocycles. The maximum absolute atomic E-state index is 10.9. The minimum atomic E-state index is -0.811. The number of unbranched alkanes of at least 4 members (excludes halogenated alkanes) is 1. The number of hydrogen-bond acceptors (Lipinski definition) is 4. The molecule has 0 saturated carbocycles. The van der Waals surface area contributed by atoms with Crippen LogP contribution in [0.25, 0.3) is 0 Å². The Morgan fingerprint density at radius 3 is 2.74 bits per heavy atom. The molecule has 0 aliphatic rings. The summed E-state index contributed by atoms with van der Waals surface area (Å²) in [6, 6.07) is 5.05. The molecule has 0 aromatic heterocycles. The Labute approximate surface area is 112 Å². The third kappa shape index (κ3) is 5.42. The number of carbonyl (C=O) groups excluding carboxylic acids is 1. The quantitative estimate of drug-likeness (QED) is 0.549. The van der Waals surface area contributed by atoms with Crippen molar-refractivity contribution in [2.24, 2.45) is 0 Å². The summed E-state index contributed by atoms with van der Waals surface area (Å²) < 4.78 is 10.8. The lowest BCUT2D eigenvalue weighted by molar-refractivity contribution is -0.137. The molecule has 1 aromatic carbocycles. The predicted octanol–water partition coefficient (Wildman–Crippen LogP) is 2.53. The first-order valence-corrected chi connectivity index (χ1v) is 6.24. The highest BCUT2D eigenvalue weighted by molar-refractivity contribution is 5.80. The van der Waals surface area contributed by atoms with Crippen LogP contribution in [0.5, 0.6) is 11.5 Å². The zero-order chi connectivity index (χ0) is 14.1. The average Bonchev–Trinajstić information content (AvgIpc) is 2.39. The van der Waals surface area contributed by atoms with Crippen molar-refractivity contribution in [2.75, 3.05) is 13.2 Å². The molecule has 0 unspecified atom stereocenters. The maximum Gasteiger partial charge on any atom is 0.303 e. The molecule has 0 bridgehead atoms. The molecule has 1 aromatic rings. The van der Waals surface area contributed by atoms with Gasteiger partial charge >= 0.3 is 5.97 Å². The SMILES string of the molecule is CCOc1ccc(OCCCCC(=O)O)c(C=O)c1. The number of aldehydes is 1. The van der Waals surface area contributed by atoms with Gasteiger partial charge in [-0.2, -0.15) is 0 Å². The zero-order valence-corrected chi connectivity index (χ0v) is 10.9. The Balaban J connectivity index is 2.48. The van der Waals surface area contributed by atoms with Crippen LogP contribution in [-0.2, 0) is 4.79 Å².